The Morgan fingerprint density at radius 1 is 0.694 bits per heavy atom. The summed E-state index contributed by atoms with van der Waals surface area (Å²) in [5.41, 5.74) is 0. The van der Waals surface area contributed by atoms with Crippen molar-refractivity contribution in [2.75, 3.05) is 13.2 Å². The van der Waals surface area contributed by atoms with Crippen LogP contribution in [0.4, 0.5) is 17.6 Å². The molecule has 3 saturated carbocycles. The fourth-order valence-electron chi connectivity index (χ4n) is 7.23. The molecule has 0 radical (unpaired) electrons. The third-order valence-electron chi connectivity index (χ3n) is 9.53. The number of rotatable bonds is 9. The Morgan fingerprint density at radius 3 is 1.58 bits per heavy atom. The lowest BCUT2D eigenvalue weighted by molar-refractivity contribution is 0.0368. The molecule has 2 atom stereocenters. The van der Waals surface area contributed by atoms with Gasteiger partial charge < -0.3 is 9.47 Å². The Morgan fingerprint density at radius 2 is 1.11 bits per heavy atom. The molecule has 6 heteroatoms. The number of ether oxygens (including phenoxy) is 2. The summed E-state index contributed by atoms with van der Waals surface area (Å²) in [6, 6.07) is 2.43. The Balaban J connectivity index is 1.18. The summed E-state index contributed by atoms with van der Waals surface area (Å²) in [6.07, 6.45) is 10.7. The topological polar surface area (TPSA) is 18.5 Å². The van der Waals surface area contributed by atoms with Crippen LogP contribution in [0.3, 0.4) is 0 Å². The molecule has 204 valence electrons. The SMILES string of the molecule is CCOc1ccc(OCC(F)C(F)C2CCC(C3CCC(C4CCC(C)CC4)CC3)CC2)c(F)c1F. The first kappa shape index (κ1) is 27.6. The first-order chi connectivity index (χ1) is 17.4. The molecule has 2 nitrogen and oxygen atoms in total. The van der Waals surface area contributed by atoms with Crippen LogP contribution in [0.25, 0.3) is 0 Å². The Bertz CT molecular complexity index is 809. The molecular weight excluding hydrogens is 468 g/mol. The molecule has 3 aliphatic carbocycles. The van der Waals surface area contributed by atoms with Crippen LogP contribution in [0.1, 0.15) is 90.9 Å². The van der Waals surface area contributed by atoms with Gasteiger partial charge in [-0.05, 0) is 119 Å². The van der Waals surface area contributed by atoms with Crippen LogP contribution in [0.5, 0.6) is 11.5 Å². The van der Waals surface area contributed by atoms with Crippen molar-refractivity contribution >= 4 is 0 Å². The van der Waals surface area contributed by atoms with Crippen molar-refractivity contribution in [2.24, 2.45) is 35.5 Å². The van der Waals surface area contributed by atoms with Crippen LogP contribution >= 0.6 is 0 Å². The predicted octanol–water partition coefficient (Wildman–Crippen LogP) is 8.86. The molecule has 0 aliphatic heterocycles. The molecule has 0 heterocycles. The van der Waals surface area contributed by atoms with E-state index < -0.39 is 36.3 Å². The second kappa shape index (κ2) is 12.9. The van der Waals surface area contributed by atoms with Crippen LogP contribution in [0.15, 0.2) is 12.1 Å². The minimum Gasteiger partial charge on any atom is -0.491 e. The van der Waals surface area contributed by atoms with Gasteiger partial charge in [0.15, 0.2) is 17.7 Å². The summed E-state index contributed by atoms with van der Waals surface area (Å²) < 4.78 is 67.9. The summed E-state index contributed by atoms with van der Waals surface area (Å²) in [4.78, 5) is 0. The van der Waals surface area contributed by atoms with Gasteiger partial charge in [-0.25, -0.2) is 8.78 Å². The third kappa shape index (κ3) is 6.69. The van der Waals surface area contributed by atoms with Gasteiger partial charge >= 0.3 is 0 Å². The van der Waals surface area contributed by atoms with Crippen molar-refractivity contribution in [2.45, 2.75) is 103 Å². The molecule has 3 aliphatic rings. The van der Waals surface area contributed by atoms with Gasteiger partial charge in [0.1, 0.15) is 12.8 Å². The van der Waals surface area contributed by atoms with E-state index in [0.29, 0.717) is 18.8 Å². The molecule has 1 aromatic carbocycles. The minimum absolute atomic E-state index is 0.190. The van der Waals surface area contributed by atoms with Gasteiger partial charge in [-0.1, -0.05) is 19.8 Å². The molecule has 0 aromatic heterocycles. The first-order valence-corrected chi connectivity index (χ1v) is 14.4. The van der Waals surface area contributed by atoms with E-state index in [2.05, 4.69) is 6.92 Å². The molecule has 0 amide bonds. The van der Waals surface area contributed by atoms with Gasteiger partial charge in [-0.3, -0.25) is 0 Å². The summed E-state index contributed by atoms with van der Waals surface area (Å²) in [5, 5.41) is 0. The molecule has 4 rings (SSSR count). The number of benzene rings is 1. The van der Waals surface area contributed by atoms with E-state index in [9.17, 15) is 17.6 Å². The Labute approximate surface area is 214 Å². The standard InChI is InChI=1S/C30H44F4O2/c1-3-35-26-16-17-27(30(34)29(26)33)36-18-25(31)28(32)24-14-12-23(13-15-24)22-10-8-21(9-11-22)20-6-4-19(2)5-7-20/h16-17,19-25,28H,3-15,18H2,1-2H3. The normalized spacial score (nSPS) is 33.1. The average molecular weight is 513 g/mol. The van der Waals surface area contributed by atoms with E-state index in [4.69, 9.17) is 9.47 Å². The molecule has 1 aromatic rings. The van der Waals surface area contributed by atoms with Crippen LogP contribution < -0.4 is 9.47 Å². The summed E-state index contributed by atoms with van der Waals surface area (Å²) >= 11 is 0. The van der Waals surface area contributed by atoms with Crippen molar-refractivity contribution < 1.29 is 27.0 Å². The largest absolute Gasteiger partial charge is 0.491 e. The van der Waals surface area contributed by atoms with E-state index in [0.717, 1.165) is 36.5 Å². The third-order valence-corrected chi connectivity index (χ3v) is 9.53. The van der Waals surface area contributed by atoms with Crippen LogP contribution in [-0.2, 0) is 0 Å². The summed E-state index contributed by atoms with van der Waals surface area (Å²) in [6.45, 7) is 3.60. The molecule has 2 unspecified atom stereocenters. The van der Waals surface area contributed by atoms with Crippen LogP contribution in [0.2, 0.25) is 0 Å². The summed E-state index contributed by atoms with van der Waals surface area (Å²) in [7, 11) is 0. The maximum Gasteiger partial charge on any atom is 0.204 e. The van der Waals surface area contributed by atoms with Crippen molar-refractivity contribution in [1.82, 2.24) is 0 Å². The fourth-order valence-corrected chi connectivity index (χ4v) is 7.23. The predicted molar refractivity (Wildman–Crippen MR) is 135 cm³/mol. The van der Waals surface area contributed by atoms with Crippen molar-refractivity contribution in [1.29, 1.82) is 0 Å². The van der Waals surface area contributed by atoms with Crippen molar-refractivity contribution in [3.8, 4) is 11.5 Å². The zero-order valence-corrected chi connectivity index (χ0v) is 22.0. The highest BCUT2D eigenvalue weighted by atomic mass is 19.2. The van der Waals surface area contributed by atoms with Gasteiger partial charge in [0.2, 0.25) is 11.6 Å². The van der Waals surface area contributed by atoms with Gasteiger partial charge in [0.05, 0.1) is 6.61 Å². The monoisotopic (exact) mass is 512 g/mol. The molecular formula is C30H44F4O2. The number of hydrogen-bond acceptors (Lipinski definition) is 2. The highest BCUT2D eigenvalue weighted by Crippen LogP contribution is 2.46. The van der Waals surface area contributed by atoms with E-state index in [-0.39, 0.29) is 18.3 Å². The van der Waals surface area contributed by atoms with E-state index in [1.807, 2.05) is 0 Å². The number of alkyl halides is 2. The fraction of sp³-hybridized carbons (Fsp3) is 0.800. The molecule has 3 fully saturated rings. The van der Waals surface area contributed by atoms with Crippen LogP contribution in [0, 0.1) is 47.1 Å². The summed E-state index contributed by atoms with van der Waals surface area (Å²) in [5.74, 6) is 0.716. The highest BCUT2D eigenvalue weighted by Gasteiger charge is 2.38. The molecule has 36 heavy (non-hydrogen) atoms. The highest BCUT2D eigenvalue weighted by molar-refractivity contribution is 5.35. The second-order valence-electron chi connectivity index (χ2n) is 11.8. The smallest absolute Gasteiger partial charge is 0.204 e. The van der Waals surface area contributed by atoms with Crippen molar-refractivity contribution in [3.05, 3.63) is 23.8 Å². The molecule has 0 N–H and O–H groups in total. The van der Waals surface area contributed by atoms with Gasteiger partial charge in [-0.2, -0.15) is 8.78 Å². The zero-order valence-electron chi connectivity index (χ0n) is 22.0. The van der Waals surface area contributed by atoms with Crippen molar-refractivity contribution in [3.63, 3.8) is 0 Å². The molecule has 0 saturated heterocycles. The van der Waals surface area contributed by atoms with Gasteiger partial charge in [0, 0.05) is 0 Å². The zero-order chi connectivity index (χ0) is 25.7. The van der Waals surface area contributed by atoms with Gasteiger partial charge in [0.25, 0.3) is 0 Å². The quantitative estimate of drug-likeness (QED) is 0.308. The Hall–Kier alpha value is -1.46. The average Bonchev–Trinajstić information content (AvgIpc) is 2.91. The lowest BCUT2D eigenvalue weighted by atomic mass is 9.65. The maximum atomic E-state index is 14.9. The maximum absolute atomic E-state index is 14.9. The van der Waals surface area contributed by atoms with E-state index >= 15 is 0 Å². The lowest BCUT2D eigenvalue weighted by Crippen LogP contribution is -2.35. The van der Waals surface area contributed by atoms with E-state index in [1.165, 1.54) is 63.5 Å². The van der Waals surface area contributed by atoms with E-state index in [1.54, 1.807) is 6.92 Å². The number of hydrogen-bond donors (Lipinski definition) is 0. The first-order valence-electron chi connectivity index (χ1n) is 14.4. The van der Waals surface area contributed by atoms with Gasteiger partial charge in [-0.15, -0.1) is 0 Å². The molecule has 0 bridgehead atoms. The number of halogens is 4. The Kier molecular flexibility index (Phi) is 9.85. The van der Waals surface area contributed by atoms with Crippen LogP contribution in [-0.4, -0.2) is 25.6 Å². The lowest BCUT2D eigenvalue weighted by Gasteiger charge is -2.41. The minimum atomic E-state index is -1.87. The second-order valence-corrected chi connectivity index (χ2v) is 11.8. The molecule has 0 spiro atoms.